The number of carbonyl (C=O) groups excluding carboxylic acids is 2. The molecule has 1 aliphatic carbocycles. The van der Waals surface area contributed by atoms with Gasteiger partial charge in [0.2, 0.25) is 5.91 Å². The van der Waals surface area contributed by atoms with E-state index >= 15 is 0 Å². The van der Waals surface area contributed by atoms with E-state index in [-0.39, 0.29) is 29.8 Å². The third-order valence-electron chi connectivity index (χ3n) is 4.07. The van der Waals surface area contributed by atoms with Gasteiger partial charge in [-0.15, -0.1) is 0 Å². The molecule has 1 saturated heterocycles. The topological polar surface area (TPSA) is 84.4 Å². The first-order chi connectivity index (χ1) is 10.7. The number of likely N-dealkylation sites (tertiary alicyclic amines) is 1. The molecule has 0 radical (unpaired) electrons. The molecule has 2 heterocycles. The second-order valence-corrected chi connectivity index (χ2v) is 5.83. The van der Waals surface area contributed by atoms with E-state index in [2.05, 4.69) is 15.3 Å². The van der Waals surface area contributed by atoms with Crippen molar-refractivity contribution in [3.05, 3.63) is 18.0 Å². The van der Waals surface area contributed by atoms with Gasteiger partial charge in [0.1, 0.15) is 0 Å². The van der Waals surface area contributed by atoms with Crippen molar-refractivity contribution in [2.75, 3.05) is 20.2 Å². The molecule has 0 bridgehead atoms. The number of carbonyl (C=O) groups is 2. The highest BCUT2D eigenvalue weighted by Gasteiger charge is 2.35. The van der Waals surface area contributed by atoms with E-state index in [4.69, 9.17) is 4.74 Å². The molecular formula is C15H20N4O3. The van der Waals surface area contributed by atoms with Gasteiger partial charge in [0.25, 0.3) is 5.91 Å². The lowest BCUT2D eigenvalue weighted by molar-refractivity contribution is -0.133. The minimum absolute atomic E-state index is 0.00829. The van der Waals surface area contributed by atoms with Crippen LogP contribution in [0.2, 0.25) is 0 Å². The third kappa shape index (κ3) is 3.35. The minimum Gasteiger partial charge on any atom is -0.467 e. The molecule has 0 spiro atoms. The maximum atomic E-state index is 12.2. The Morgan fingerprint density at radius 1 is 1.27 bits per heavy atom. The lowest BCUT2D eigenvalue weighted by Crippen LogP contribution is -2.50. The Morgan fingerprint density at radius 3 is 2.64 bits per heavy atom. The number of nitrogens with zero attached hydrogens (tertiary/aromatic N) is 3. The Hall–Kier alpha value is -2.18. The number of hydrogen-bond acceptors (Lipinski definition) is 5. The summed E-state index contributed by atoms with van der Waals surface area (Å²) in [5.74, 6) is 0.254. The zero-order chi connectivity index (χ0) is 15.5. The molecule has 1 N–H and O–H groups in total. The van der Waals surface area contributed by atoms with E-state index in [1.165, 1.54) is 19.5 Å². The van der Waals surface area contributed by atoms with Gasteiger partial charge in [-0.3, -0.25) is 9.59 Å². The molecular weight excluding hydrogens is 284 g/mol. The maximum Gasteiger partial charge on any atom is 0.316 e. The van der Waals surface area contributed by atoms with Crippen LogP contribution in [0.1, 0.15) is 36.0 Å². The molecule has 0 aromatic carbocycles. The summed E-state index contributed by atoms with van der Waals surface area (Å²) in [6.07, 6.45) is 6.71. The standard InChI is InChI=1S/C15H20N4O3/c1-22-15-16-7-11(8-17-15)13(20)18-12-3-2-6-19(9-12)14(21)10-4-5-10/h7-8,10,12H,2-6,9H2,1H3,(H,18,20)/t12-/m0/s1. The molecule has 1 aliphatic heterocycles. The summed E-state index contributed by atoms with van der Waals surface area (Å²) in [5, 5.41) is 2.96. The second-order valence-electron chi connectivity index (χ2n) is 5.83. The quantitative estimate of drug-likeness (QED) is 0.881. The highest BCUT2D eigenvalue weighted by Crippen LogP contribution is 2.31. The third-order valence-corrected chi connectivity index (χ3v) is 4.07. The zero-order valence-electron chi connectivity index (χ0n) is 12.6. The molecule has 1 aromatic heterocycles. The fourth-order valence-electron chi connectivity index (χ4n) is 2.69. The first-order valence-electron chi connectivity index (χ1n) is 7.63. The highest BCUT2D eigenvalue weighted by atomic mass is 16.5. The van der Waals surface area contributed by atoms with Crippen LogP contribution in [-0.2, 0) is 4.79 Å². The number of ether oxygens (including phenoxy) is 1. The van der Waals surface area contributed by atoms with Gasteiger partial charge < -0.3 is 15.0 Å². The van der Waals surface area contributed by atoms with E-state index in [9.17, 15) is 9.59 Å². The fourth-order valence-corrected chi connectivity index (χ4v) is 2.69. The van der Waals surface area contributed by atoms with Crippen LogP contribution < -0.4 is 10.1 Å². The smallest absolute Gasteiger partial charge is 0.316 e. The number of hydrogen-bond donors (Lipinski definition) is 1. The summed E-state index contributed by atoms with van der Waals surface area (Å²) in [4.78, 5) is 34.1. The molecule has 1 saturated carbocycles. The van der Waals surface area contributed by atoms with Crippen molar-refractivity contribution in [2.24, 2.45) is 5.92 Å². The van der Waals surface area contributed by atoms with Gasteiger partial charge in [0, 0.05) is 37.4 Å². The van der Waals surface area contributed by atoms with Crippen molar-refractivity contribution in [3.63, 3.8) is 0 Å². The van der Waals surface area contributed by atoms with Gasteiger partial charge in [-0.2, -0.15) is 0 Å². The lowest BCUT2D eigenvalue weighted by Gasteiger charge is -2.33. The molecule has 1 atom stereocenters. The van der Waals surface area contributed by atoms with Crippen molar-refractivity contribution in [3.8, 4) is 6.01 Å². The van der Waals surface area contributed by atoms with Gasteiger partial charge in [-0.25, -0.2) is 9.97 Å². The van der Waals surface area contributed by atoms with Gasteiger partial charge in [-0.1, -0.05) is 0 Å². The molecule has 2 amide bonds. The molecule has 2 aliphatic rings. The van der Waals surface area contributed by atoms with Crippen LogP contribution >= 0.6 is 0 Å². The minimum atomic E-state index is -0.214. The molecule has 2 fully saturated rings. The molecule has 22 heavy (non-hydrogen) atoms. The van der Waals surface area contributed by atoms with E-state index in [0.29, 0.717) is 12.1 Å². The number of rotatable bonds is 4. The number of methoxy groups -OCH3 is 1. The van der Waals surface area contributed by atoms with Crippen LogP contribution in [0.3, 0.4) is 0 Å². The van der Waals surface area contributed by atoms with E-state index < -0.39 is 0 Å². The summed E-state index contributed by atoms with van der Waals surface area (Å²) in [6.45, 7) is 1.39. The van der Waals surface area contributed by atoms with Crippen LogP contribution in [0, 0.1) is 5.92 Å². The second kappa shape index (κ2) is 6.29. The number of piperidine rings is 1. The summed E-state index contributed by atoms with van der Waals surface area (Å²) >= 11 is 0. The average Bonchev–Trinajstić information content (AvgIpc) is 3.39. The molecule has 7 heteroatoms. The Labute approximate surface area is 129 Å². The Morgan fingerprint density at radius 2 is 2.00 bits per heavy atom. The Bertz CT molecular complexity index is 556. The van der Waals surface area contributed by atoms with Gasteiger partial charge in [0.05, 0.1) is 12.7 Å². The predicted molar refractivity (Wildman–Crippen MR) is 78.4 cm³/mol. The van der Waals surface area contributed by atoms with Crippen LogP contribution in [0.4, 0.5) is 0 Å². The summed E-state index contributed by atoms with van der Waals surface area (Å²) in [5.41, 5.74) is 0.395. The Balaban J connectivity index is 1.56. The molecule has 7 nitrogen and oxygen atoms in total. The SMILES string of the molecule is COc1ncc(C(=O)N[C@H]2CCCN(C(=O)C3CC3)C2)cn1. The van der Waals surface area contributed by atoms with Crippen LogP contribution in [0.5, 0.6) is 6.01 Å². The molecule has 3 rings (SSSR count). The van der Waals surface area contributed by atoms with E-state index in [1.807, 2.05) is 4.90 Å². The summed E-state index contributed by atoms with van der Waals surface area (Å²) in [7, 11) is 1.47. The van der Waals surface area contributed by atoms with Gasteiger partial charge in [-0.05, 0) is 25.7 Å². The highest BCUT2D eigenvalue weighted by molar-refractivity contribution is 5.93. The van der Waals surface area contributed by atoms with Crippen molar-refractivity contribution < 1.29 is 14.3 Å². The predicted octanol–water partition coefficient (Wildman–Crippen LogP) is 0.616. The van der Waals surface area contributed by atoms with Crippen molar-refractivity contribution in [2.45, 2.75) is 31.7 Å². The monoisotopic (exact) mass is 304 g/mol. The normalized spacial score (nSPS) is 21.3. The first-order valence-corrected chi connectivity index (χ1v) is 7.63. The molecule has 118 valence electrons. The fraction of sp³-hybridized carbons (Fsp3) is 0.600. The summed E-state index contributed by atoms with van der Waals surface area (Å²) < 4.78 is 4.87. The van der Waals surface area contributed by atoms with Crippen molar-refractivity contribution in [1.82, 2.24) is 20.2 Å². The van der Waals surface area contributed by atoms with Gasteiger partial charge >= 0.3 is 6.01 Å². The average molecular weight is 304 g/mol. The van der Waals surface area contributed by atoms with Gasteiger partial charge in [0.15, 0.2) is 0 Å². The van der Waals surface area contributed by atoms with Crippen LogP contribution in [-0.4, -0.2) is 52.9 Å². The maximum absolute atomic E-state index is 12.2. The summed E-state index contributed by atoms with van der Waals surface area (Å²) in [6, 6.07) is 0.224. The number of aromatic nitrogens is 2. The van der Waals surface area contributed by atoms with Crippen molar-refractivity contribution >= 4 is 11.8 Å². The number of amides is 2. The molecule has 1 aromatic rings. The van der Waals surface area contributed by atoms with E-state index in [1.54, 1.807) is 0 Å². The van der Waals surface area contributed by atoms with Crippen molar-refractivity contribution in [1.29, 1.82) is 0 Å². The largest absolute Gasteiger partial charge is 0.467 e. The Kier molecular flexibility index (Phi) is 4.22. The lowest BCUT2D eigenvalue weighted by atomic mass is 10.0. The first kappa shape index (κ1) is 14.7. The van der Waals surface area contributed by atoms with E-state index in [0.717, 1.165) is 32.2 Å². The zero-order valence-corrected chi connectivity index (χ0v) is 12.6. The van der Waals surface area contributed by atoms with Crippen LogP contribution in [0.15, 0.2) is 12.4 Å². The molecule has 0 unspecified atom stereocenters. The van der Waals surface area contributed by atoms with Crippen LogP contribution in [0.25, 0.3) is 0 Å². The number of nitrogens with one attached hydrogen (secondary N) is 1.